The van der Waals surface area contributed by atoms with Gasteiger partial charge in [0, 0.05) is 31.2 Å². The number of hydrogen-bond donors (Lipinski definition) is 0. The molecule has 2 saturated heterocycles. The summed E-state index contributed by atoms with van der Waals surface area (Å²) in [5, 5.41) is 4.28. The maximum absolute atomic E-state index is 12.9. The Balaban J connectivity index is 1.72. The van der Waals surface area contributed by atoms with Gasteiger partial charge in [-0.05, 0) is 53.4 Å². The summed E-state index contributed by atoms with van der Waals surface area (Å²) in [6.45, 7) is 7.52. The van der Waals surface area contributed by atoms with Gasteiger partial charge >= 0.3 is 6.09 Å². The summed E-state index contributed by atoms with van der Waals surface area (Å²) in [6.07, 6.45) is 4.93. The summed E-state index contributed by atoms with van der Waals surface area (Å²) >= 11 is 0. The van der Waals surface area contributed by atoms with Crippen molar-refractivity contribution in [3.05, 3.63) is 17.5 Å². The number of carbonyl (C=O) groups excluding carboxylic acids is 2. The molecule has 6 nitrogen and oxygen atoms in total. The molecule has 1 aromatic rings. The fourth-order valence-corrected chi connectivity index (χ4v) is 4.07. The third-order valence-electron chi connectivity index (χ3n) is 4.99. The number of rotatable bonds is 2. The second-order valence-corrected chi connectivity index (χ2v) is 8.11. The fraction of sp³-hybridized carbons (Fsp3) is 0.722. The molecule has 2 unspecified atom stereocenters. The van der Waals surface area contributed by atoms with Crippen molar-refractivity contribution in [1.82, 2.24) is 14.7 Å². The molecule has 2 fully saturated rings. The third-order valence-corrected chi connectivity index (χ3v) is 4.99. The number of piperidine rings is 1. The quantitative estimate of drug-likeness (QED) is 0.780. The van der Waals surface area contributed by atoms with E-state index in [0.29, 0.717) is 5.56 Å². The minimum atomic E-state index is -0.490. The van der Waals surface area contributed by atoms with E-state index in [4.69, 9.17) is 4.74 Å². The van der Waals surface area contributed by atoms with Crippen LogP contribution in [0.25, 0.3) is 0 Å². The SMILES string of the molecule is Cc1nn(C)cc1C(=O)C1CC2CCC(C1)N2C(=O)OC(C)(C)C. The first-order valence-corrected chi connectivity index (χ1v) is 8.71. The van der Waals surface area contributed by atoms with Gasteiger partial charge in [0.15, 0.2) is 5.78 Å². The number of hydrogen-bond acceptors (Lipinski definition) is 4. The predicted octanol–water partition coefficient (Wildman–Crippen LogP) is 3.09. The lowest BCUT2D eigenvalue weighted by atomic mass is 9.85. The normalized spacial score (nSPS) is 26.5. The Morgan fingerprint density at radius 2 is 1.79 bits per heavy atom. The molecule has 2 atom stereocenters. The highest BCUT2D eigenvalue weighted by Gasteiger charge is 2.46. The molecule has 1 amide bonds. The maximum Gasteiger partial charge on any atom is 0.410 e. The Hall–Kier alpha value is -1.85. The molecule has 0 aromatic carbocycles. The van der Waals surface area contributed by atoms with Crippen molar-refractivity contribution in [3.63, 3.8) is 0 Å². The van der Waals surface area contributed by atoms with E-state index in [1.807, 2.05) is 39.6 Å². The summed E-state index contributed by atoms with van der Waals surface area (Å²) in [4.78, 5) is 27.2. The van der Waals surface area contributed by atoms with Crippen molar-refractivity contribution >= 4 is 11.9 Å². The predicted molar refractivity (Wildman–Crippen MR) is 89.9 cm³/mol. The number of ketones is 1. The molecule has 132 valence electrons. The molecule has 0 saturated carbocycles. The van der Waals surface area contributed by atoms with Gasteiger partial charge in [-0.2, -0.15) is 5.10 Å². The molecule has 24 heavy (non-hydrogen) atoms. The molecule has 0 spiro atoms. The van der Waals surface area contributed by atoms with Gasteiger partial charge in [-0.25, -0.2) is 4.79 Å². The van der Waals surface area contributed by atoms with Crippen molar-refractivity contribution in [1.29, 1.82) is 0 Å². The Morgan fingerprint density at radius 3 is 2.25 bits per heavy atom. The molecule has 0 radical (unpaired) electrons. The van der Waals surface area contributed by atoms with Crippen molar-refractivity contribution in [2.45, 2.75) is 71.1 Å². The van der Waals surface area contributed by atoms with Gasteiger partial charge in [-0.15, -0.1) is 0 Å². The number of aromatic nitrogens is 2. The Labute approximate surface area is 143 Å². The number of carbonyl (C=O) groups is 2. The summed E-state index contributed by atoms with van der Waals surface area (Å²) in [7, 11) is 1.83. The van der Waals surface area contributed by atoms with E-state index < -0.39 is 5.60 Å². The van der Waals surface area contributed by atoms with Crippen LogP contribution in [0.15, 0.2) is 6.20 Å². The molecule has 2 bridgehead atoms. The second kappa shape index (κ2) is 5.90. The average Bonchev–Trinajstić information content (AvgIpc) is 2.92. The first kappa shape index (κ1) is 17.0. The van der Waals surface area contributed by atoms with E-state index in [0.717, 1.165) is 31.4 Å². The van der Waals surface area contributed by atoms with Crippen LogP contribution in [0.2, 0.25) is 0 Å². The lowest BCUT2D eigenvalue weighted by molar-refractivity contribution is 0.00253. The Bertz CT molecular complexity index is 645. The topological polar surface area (TPSA) is 64.4 Å². The lowest BCUT2D eigenvalue weighted by Crippen LogP contribution is -2.49. The number of Topliss-reactive ketones (excluding diaryl/α,β-unsaturated/α-hetero) is 1. The van der Waals surface area contributed by atoms with Gasteiger partial charge in [0.2, 0.25) is 0 Å². The van der Waals surface area contributed by atoms with E-state index in [-0.39, 0.29) is 29.9 Å². The molecule has 2 aliphatic rings. The Morgan fingerprint density at radius 1 is 1.21 bits per heavy atom. The number of nitrogens with zero attached hydrogens (tertiary/aromatic N) is 3. The summed E-state index contributed by atoms with van der Waals surface area (Å²) in [5.74, 6) is 0.144. The molecule has 2 aliphatic heterocycles. The van der Waals surface area contributed by atoms with Crippen LogP contribution < -0.4 is 0 Å². The van der Waals surface area contributed by atoms with Gasteiger partial charge in [-0.3, -0.25) is 9.48 Å². The minimum absolute atomic E-state index is 0.0240. The molecule has 0 N–H and O–H groups in total. The second-order valence-electron chi connectivity index (χ2n) is 8.11. The largest absolute Gasteiger partial charge is 0.444 e. The zero-order valence-corrected chi connectivity index (χ0v) is 15.2. The molecule has 3 rings (SSSR count). The van der Waals surface area contributed by atoms with E-state index in [2.05, 4.69) is 5.10 Å². The monoisotopic (exact) mass is 333 g/mol. The van der Waals surface area contributed by atoms with Gasteiger partial charge in [0.1, 0.15) is 5.60 Å². The zero-order chi connectivity index (χ0) is 17.6. The fourth-order valence-electron chi connectivity index (χ4n) is 4.07. The van der Waals surface area contributed by atoms with Crippen molar-refractivity contribution in [3.8, 4) is 0 Å². The highest BCUT2D eigenvalue weighted by molar-refractivity contribution is 5.98. The molecule has 6 heteroatoms. The molecule has 0 aliphatic carbocycles. The number of fused-ring (bicyclic) bond motifs is 2. The van der Waals surface area contributed by atoms with E-state index in [1.54, 1.807) is 10.9 Å². The van der Waals surface area contributed by atoms with Gasteiger partial charge < -0.3 is 9.64 Å². The first-order chi connectivity index (χ1) is 11.2. The summed E-state index contributed by atoms with van der Waals surface area (Å²) in [5.41, 5.74) is 1.01. The molecule has 1 aromatic heterocycles. The van der Waals surface area contributed by atoms with Crippen LogP contribution >= 0.6 is 0 Å². The number of amides is 1. The smallest absolute Gasteiger partial charge is 0.410 e. The first-order valence-electron chi connectivity index (χ1n) is 8.71. The number of aryl methyl sites for hydroxylation is 2. The van der Waals surface area contributed by atoms with E-state index >= 15 is 0 Å². The standard InChI is InChI=1S/C18H27N3O3/c1-11-15(10-20(5)19-11)16(22)12-8-13-6-7-14(9-12)21(13)17(23)24-18(2,3)4/h10,12-14H,6-9H2,1-5H3. The summed E-state index contributed by atoms with van der Waals surface area (Å²) in [6, 6.07) is 0.231. The maximum atomic E-state index is 12.9. The zero-order valence-electron chi connectivity index (χ0n) is 15.2. The molecular weight excluding hydrogens is 306 g/mol. The van der Waals surface area contributed by atoms with E-state index in [9.17, 15) is 9.59 Å². The third kappa shape index (κ3) is 3.19. The van der Waals surface area contributed by atoms with Crippen molar-refractivity contribution in [2.75, 3.05) is 0 Å². The van der Waals surface area contributed by atoms with Crippen LogP contribution in [-0.2, 0) is 11.8 Å². The Kier molecular flexibility index (Phi) is 4.18. The van der Waals surface area contributed by atoms with Crippen LogP contribution in [0.3, 0.4) is 0 Å². The van der Waals surface area contributed by atoms with Crippen LogP contribution in [0, 0.1) is 12.8 Å². The van der Waals surface area contributed by atoms with Crippen LogP contribution in [0.1, 0.15) is 62.5 Å². The van der Waals surface area contributed by atoms with Crippen molar-refractivity contribution < 1.29 is 14.3 Å². The molecular formula is C18H27N3O3. The average molecular weight is 333 g/mol. The van der Waals surface area contributed by atoms with Crippen LogP contribution in [0.4, 0.5) is 4.79 Å². The minimum Gasteiger partial charge on any atom is -0.444 e. The van der Waals surface area contributed by atoms with Crippen molar-refractivity contribution in [2.24, 2.45) is 13.0 Å². The van der Waals surface area contributed by atoms with Gasteiger partial charge in [-0.1, -0.05) is 0 Å². The highest BCUT2D eigenvalue weighted by atomic mass is 16.6. The van der Waals surface area contributed by atoms with Crippen LogP contribution in [-0.4, -0.2) is 44.2 Å². The number of ether oxygens (including phenoxy) is 1. The lowest BCUT2D eigenvalue weighted by Gasteiger charge is -2.39. The van der Waals surface area contributed by atoms with Gasteiger partial charge in [0.25, 0.3) is 0 Å². The van der Waals surface area contributed by atoms with Crippen LogP contribution in [0.5, 0.6) is 0 Å². The van der Waals surface area contributed by atoms with E-state index in [1.165, 1.54) is 0 Å². The highest BCUT2D eigenvalue weighted by Crippen LogP contribution is 2.40. The van der Waals surface area contributed by atoms with Gasteiger partial charge in [0.05, 0.1) is 11.3 Å². The molecule has 3 heterocycles. The summed E-state index contributed by atoms with van der Waals surface area (Å²) < 4.78 is 7.24.